The average molecular weight is 326 g/mol. The third kappa shape index (κ3) is 3.61. The molecule has 1 saturated heterocycles. The monoisotopic (exact) mass is 326 g/mol. The number of benzene rings is 1. The molecule has 1 fully saturated rings. The Balaban J connectivity index is 1.76. The van der Waals surface area contributed by atoms with Gasteiger partial charge < -0.3 is 15.1 Å². The van der Waals surface area contributed by atoms with E-state index >= 15 is 0 Å². The number of nitrogens with zero attached hydrogens (tertiary/aromatic N) is 5. The number of amides is 1. The number of rotatable bonds is 5. The van der Waals surface area contributed by atoms with Gasteiger partial charge in [0.2, 0.25) is 12.4 Å². The van der Waals surface area contributed by atoms with Crippen LogP contribution >= 0.6 is 0 Å². The van der Waals surface area contributed by atoms with E-state index < -0.39 is 0 Å². The highest BCUT2D eigenvalue weighted by molar-refractivity contribution is 5.61. The molecule has 7 nitrogen and oxygen atoms in total. The summed E-state index contributed by atoms with van der Waals surface area (Å²) < 4.78 is 0. The first-order chi connectivity index (χ1) is 11.7. The quantitative estimate of drug-likeness (QED) is 0.847. The molecule has 3 rings (SSSR count). The molecular formula is C17H22N6O. The summed E-state index contributed by atoms with van der Waals surface area (Å²) in [5.74, 6) is 1.68. The minimum atomic E-state index is 0.416. The van der Waals surface area contributed by atoms with E-state index in [0.29, 0.717) is 43.9 Å². The zero-order valence-electron chi connectivity index (χ0n) is 14.0. The van der Waals surface area contributed by atoms with Crippen LogP contribution in [-0.4, -0.2) is 52.7 Å². The van der Waals surface area contributed by atoms with Crippen molar-refractivity contribution in [2.75, 3.05) is 36.4 Å². The van der Waals surface area contributed by atoms with Crippen LogP contribution in [0.2, 0.25) is 0 Å². The predicted molar refractivity (Wildman–Crippen MR) is 93.5 cm³/mol. The Bertz CT molecular complexity index is 697. The van der Waals surface area contributed by atoms with Crippen LogP contribution in [0.15, 0.2) is 30.5 Å². The molecule has 0 aliphatic carbocycles. The normalized spacial score (nSPS) is 14.8. The highest BCUT2D eigenvalue weighted by atomic mass is 16.1. The number of piperazine rings is 1. The van der Waals surface area contributed by atoms with E-state index in [-0.39, 0.29) is 0 Å². The van der Waals surface area contributed by atoms with Gasteiger partial charge in [-0.3, -0.25) is 4.79 Å². The molecule has 1 N–H and O–H groups in total. The van der Waals surface area contributed by atoms with Gasteiger partial charge in [0.05, 0.1) is 6.20 Å². The number of carbonyl (C=O) groups is 1. The smallest absolute Gasteiger partial charge is 0.247 e. The maximum atomic E-state index is 10.8. The fourth-order valence-electron chi connectivity index (χ4n) is 2.77. The Morgan fingerprint density at radius 2 is 1.92 bits per heavy atom. The first-order valence-electron chi connectivity index (χ1n) is 8.17. The van der Waals surface area contributed by atoms with Crippen molar-refractivity contribution in [1.29, 1.82) is 0 Å². The van der Waals surface area contributed by atoms with Crippen LogP contribution in [0.5, 0.6) is 0 Å². The lowest BCUT2D eigenvalue weighted by Gasteiger charge is -2.32. The molecule has 0 spiro atoms. The molecule has 1 aliphatic rings. The van der Waals surface area contributed by atoms with Gasteiger partial charge >= 0.3 is 0 Å². The van der Waals surface area contributed by atoms with Crippen molar-refractivity contribution in [2.24, 2.45) is 0 Å². The molecular weight excluding hydrogens is 304 g/mol. The number of hydrogen-bond acceptors (Lipinski definition) is 6. The van der Waals surface area contributed by atoms with Crippen LogP contribution < -0.4 is 10.2 Å². The molecule has 0 saturated carbocycles. The molecule has 0 atom stereocenters. The molecule has 2 heterocycles. The Kier molecular flexibility index (Phi) is 4.88. The van der Waals surface area contributed by atoms with E-state index in [4.69, 9.17) is 0 Å². The van der Waals surface area contributed by atoms with Gasteiger partial charge in [0.25, 0.3) is 0 Å². The van der Waals surface area contributed by atoms with Crippen LogP contribution in [0.4, 0.5) is 17.5 Å². The topological polar surface area (TPSA) is 74.2 Å². The molecule has 7 heteroatoms. The zero-order valence-corrected chi connectivity index (χ0v) is 14.0. The predicted octanol–water partition coefficient (Wildman–Crippen LogP) is 2.02. The molecule has 24 heavy (non-hydrogen) atoms. The molecule has 0 unspecified atom stereocenters. The van der Waals surface area contributed by atoms with E-state index in [1.807, 2.05) is 23.1 Å². The van der Waals surface area contributed by atoms with Crippen molar-refractivity contribution in [3.63, 3.8) is 0 Å². The fraction of sp³-hybridized carbons (Fsp3) is 0.412. The van der Waals surface area contributed by atoms with Crippen LogP contribution in [-0.2, 0) is 4.79 Å². The van der Waals surface area contributed by atoms with Crippen molar-refractivity contribution in [3.8, 4) is 0 Å². The second-order valence-electron chi connectivity index (χ2n) is 6.14. The van der Waals surface area contributed by atoms with Crippen molar-refractivity contribution in [1.82, 2.24) is 20.1 Å². The Morgan fingerprint density at radius 1 is 1.17 bits per heavy atom. The second-order valence-corrected chi connectivity index (χ2v) is 6.14. The summed E-state index contributed by atoms with van der Waals surface area (Å²) in [5, 5.41) is 11.5. The molecule has 0 bridgehead atoms. The minimum absolute atomic E-state index is 0.416. The number of anilines is 3. The molecule has 1 aromatic heterocycles. The summed E-state index contributed by atoms with van der Waals surface area (Å²) >= 11 is 0. The number of hydrogen-bond donors (Lipinski definition) is 1. The molecule has 1 aliphatic heterocycles. The summed E-state index contributed by atoms with van der Waals surface area (Å²) in [6, 6.07) is 8.19. The van der Waals surface area contributed by atoms with Crippen molar-refractivity contribution < 1.29 is 4.79 Å². The molecule has 0 radical (unpaired) electrons. The number of carbonyl (C=O) groups excluding carboxylic acids is 1. The SMILES string of the molecule is CC(C)c1ccccc1Nc1cnnc(N2CCN(C=O)CC2)n1. The zero-order chi connectivity index (χ0) is 16.9. The van der Waals surface area contributed by atoms with Crippen LogP contribution in [0.1, 0.15) is 25.3 Å². The highest BCUT2D eigenvalue weighted by Gasteiger charge is 2.18. The van der Waals surface area contributed by atoms with E-state index in [0.717, 1.165) is 12.1 Å². The molecule has 1 amide bonds. The van der Waals surface area contributed by atoms with Gasteiger partial charge in [-0.25, -0.2) is 0 Å². The van der Waals surface area contributed by atoms with Gasteiger partial charge in [0.15, 0.2) is 5.82 Å². The Hall–Kier alpha value is -2.70. The molecule has 1 aromatic carbocycles. The van der Waals surface area contributed by atoms with E-state index in [1.54, 1.807) is 11.1 Å². The largest absolute Gasteiger partial charge is 0.342 e. The van der Waals surface area contributed by atoms with E-state index in [1.165, 1.54) is 5.56 Å². The summed E-state index contributed by atoms with van der Waals surface area (Å²) in [6.07, 6.45) is 2.51. The van der Waals surface area contributed by atoms with Crippen LogP contribution in [0.3, 0.4) is 0 Å². The Labute approximate surface area is 141 Å². The minimum Gasteiger partial charge on any atom is -0.342 e. The summed E-state index contributed by atoms with van der Waals surface area (Å²) in [6.45, 7) is 7.12. The fourth-order valence-corrected chi connectivity index (χ4v) is 2.77. The van der Waals surface area contributed by atoms with Crippen LogP contribution in [0.25, 0.3) is 0 Å². The highest BCUT2D eigenvalue weighted by Crippen LogP contribution is 2.26. The standard InChI is InChI=1S/C17H22N6O/c1-13(2)14-5-3-4-6-15(14)19-16-11-18-21-17(20-16)23-9-7-22(12-24)8-10-23/h3-6,11-13H,7-10H2,1-2H3,(H,19,20,21). The summed E-state index contributed by atoms with van der Waals surface area (Å²) in [4.78, 5) is 19.2. The van der Waals surface area contributed by atoms with Gasteiger partial charge in [-0.2, -0.15) is 10.1 Å². The van der Waals surface area contributed by atoms with Crippen molar-refractivity contribution >= 4 is 23.9 Å². The second kappa shape index (κ2) is 7.25. The summed E-state index contributed by atoms with van der Waals surface area (Å²) in [5.41, 5.74) is 2.27. The van der Waals surface area contributed by atoms with Gasteiger partial charge in [0, 0.05) is 31.9 Å². The molecule has 2 aromatic rings. The number of nitrogens with one attached hydrogen (secondary N) is 1. The van der Waals surface area contributed by atoms with Gasteiger partial charge in [-0.05, 0) is 17.5 Å². The van der Waals surface area contributed by atoms with Gasteiger partial charge in [0.1, 0.15) is 0 Å². The lowest BCUT2D eigenvalue weighted by molar-refractivity contribution is -0.118. The van der Waals surface area contributed by atoms with Gasteiger partial charge in [-0.15, -0.1) is 5.10 Å². The first kappa shape index (κ1) is 16.2. The van der Waals surface area contributed by atoms with Gasteiger partial charge in [-0.1, -0.05) is 32.0 Å². The van der Waals surface area contributed by atoms with E-state index in [9.17, 15) is 4.79 Å². The molecule has 126 valence electrons. The summed E-state index contributed by atoms with van der Waals surface area (Å²) in [7, 11) is 0. The lowest BCUT2D eigenvalue weighted by atomic mass is 10.0. The average Bonchev–Trinajstić information content (AvgIpc) is 2.62. The van der Waals surface area contributed by atoms with E-state index in [2.05, 4.69) is 40.4 Å². The maximum Gasteiger partial charge on any atom is 0.247 e. The third-order valence-electron chi connectivity index (χ3n) is 4.14. The Morgan fingerprint density at radius 3 is 2.62 bits per heavy atom. The van der Waals surface area contributed by atoms with Crippen molar-refractivity contribution in [3.05, 3.63) is 36.0 Å². The third-order valence-corrected chi connectivity index (χ3v) is 4.14. The van der Waals surface area contributed by atoms with Crippen molar-refractivity contribution in [2.45, 2.75) is 19.8 Å². The number of para-hydroxylation sites is 1. The maximum absolute atomic E-state index is 10.8. The lowest BCUT2D eigenvalue weighted by Crippen LogP contribution is -2.46. The first-order valence-corrected chi connectivity index (χ1v) is 8.17. The van der Waals surface area contributed by atoms with Crippen LogP contribution in [0, 0.1) is 0 Å². The number of aromatic nitrogens is 3.